The Bertz CT molecular complexity index is 627. The SMILES string of the molecule is O=S(=O)=C(O)[C@@]1(O[C@H]2O[C@H](CO)[C@@H](O)[C@H](O)[C@H]2O)O[C@H](CO)[C@@H](O)[C@@H]1O. The van der Waals surface area contributed by atoms with Gasteiger partial charge in [-0.15, -0.1) is 0 Å². The maximum atomic E-state index is 11.2. The standard InChI is InChI=1S/C12H20O13S/c13-1-3-5(15)7(17)8(18)10(23-3)25-12(11(20)26(21)22)9(19)6(16)4(2-14)24-12/h3-10,13-20H,1-2H2/t3-,4-,5-,6-,7+,8-,9+,10-,12-/m1/s1. The molecule has 9 atom stereocenters. The molecule has 8 N–H and O–H groups in total. The Labute approximate surface area is 147 Å². The summed E-state index contributed by atoms with van der Waals surface area (Å²) in [5.74, 6) is -2.98. The summed E-state index contributed by atoms with van der Waals surface area (Å²) in [5, 5.41) is 75.9. The largest absolute Gasteiger partial charge is 0.394 e. The molecule has 0 bridgehead atoms. The molecule has 0 spiro atoms. The van der Waals surface area contributed by atoms with Crippen molar-refractivity contribution >= 4 is 15.3 Å². The summed E-state index contributed by atoms with van der Waals surface area (Å²) in [7, 11) is -3.41. The van der Waals surface area contributed by atoms with Gasteiger partial charge in [0.1, 0.15) is 42.7 Å². The van der Waals surface area contributed by atoms with E-state index in [0.717, 1.165) is 0 Å². The molecule has 2 aliphatic rings. The van der Waals surface area contributed by atoms with Gasteiger partial charge in [0.15, 0.2) is 6.29 Å². The van der Waals surface area contributed by atoms with E-state index in [9.17, 15) is 39.1 Å². The molecule has 0 saturated carbocycles. The zero-order valence-corrected chi connectivity index (χ0v) is 13.9. The van der Waals surface area contributed by atoms with Crippen LogP contribution in [0.15, 0.2) is 0 Å². The Hall–Kier alpha value is -0.750. The van der Waals surface area contributed by atoms with Crippen LogP contribution in [0, 0.1) is 0 Å². The first-order chi connectivity index (χ1) is 12.1. The van der Waals surface area contributed by atoms with Crippen molar-refractivity contribution in [2.24, 2.45) is 0 Å². The second-order valence-electron chi connectivity index (χ2n) is 5.80. The topological polar surface area (TPSA) is 224 Å². The van der Waals surface area contributed by atoms with Gasteiger partial charge in [0.05, 0.1) is 13.2 Å². The maximum absolute atomic E-state index is 11.2. The summed E-state index contributed by atoms with van der Waals surface area (Å²) in [6.45, 7) is -1.72. The molecule has 2 aliphatic heterocycles. The molecule has 0 aromatic heterocycles. The summed E-state index contributed by atoms with van der Waals surface area (Å²) in [6, 6.07) is 0. The van der Waals surface area contributed by atoms with Crippen molar-refractivity contribution in [3.63, 3.8) is 0 Å². The predicted molar refractivity (Wildman–Crippen MR) is 78.1 cm³/mol. The highest BCUT2D eigenvalue weighted by molar-refractivity contribution is 7.72. The first-order valence-corrected chi connectivity index (χ1v) is 8.47. The predicted octanol–water partition coefficient (Wildman–Crippen LogP) is -5.82. The number of aliphatic hydroxyl groups excluding tert-OH is 8. The van der Waals surface area contributed by atoms with Crippen LogP contribution >= 0.6 is 0 Å². The van der Waals surface area contributed by atoms with Gasteiger partial charge in [0, 0.05) is 0 Å². The second kappa shape index (κ2) is 8.09. The van der Waals surface area contributed by atoms with E-state index in [0.29, 0.717) is 0 Å². The number of rotatable bonds is 5. The number of hydrogen-bond donors (Lipinski definition) is 8. The van der Waals surface area contributed by atoms with Gasteiger partial charge >= 0.3 is 0 Å². The van der Waals surface area contributed by atoms with Gasteiger partial charge in [-0.1, -0.05) is 0 Å². The van der Waals surface area contributed by atoms with Crippen molar-refractivity contribution in [1.29, 1.82) is 0 Å². The molecule has 0 aliphatic carbocycles. The fraction of sp³-hybridized carbons (Fsp3) is 0.917. The summed E-state index contributed by atoms with van der Waals surface area (Å²) >= 11 is 0. The van der Waals surface area contributed by atoms with E-state index in [1.54, 1.807) is 0 Å². The van der Waals surface area contributed by atoms with Crippen LogP contribution in [-0.4, -0.2) is 122 Å². The molecule has 0 amide bonds. The van der Waals surface area contributed by atoms with E-state index in [-0.39, 0.29) is 0 Å². The zero-order valence-electron chi connectivity index (χ0n) is 13.1. The van der Waals surface area contributed by atoms with E-state index in [1.807, 2.05) is 0 Å². The molecule has 0 aromatic rings. The van der Waals surface area contributed by atoms with Gasteiger partial charge in [0.25, 0.3) is 5.79 Å². The van der Waals surface area contributed by atoms with Crippen LogP contribution in [0.4, 0.5) is 0 Å². The van der Waals surface area contributed by atoms with Crippen molar-refractivity contribution in [2.75, 3.05) is 13.2 Å². The minimum absolute atomic E-state index is 0.827. The monoisotopic (exact) mass is 404 g/mol. The first-order valence-electron chi connectivity index (χ1n) is 7.39. The van der Waals surface area contributed by atoms with Crippen LogP contribution in [0.2, 0.25) is 0 Å². The van der Waals surface area contributed by atoms with Crippen LogP contribution in [0.5, 0.6) is 0 Å². The average molecular weight is 404 g/mol. The lowest BCUT2D eigenvalue weighted by Gasteiger charge is -2.42. The third-order valence-electron chi connectivity index (χ3n) is 4.20. The van der Waals surface area contributed by atoms with Crippen LogP contribution in [-0.2, 0) is 24.5 Å². The van der Waals surface area contributed by atoms with Crippen molar-refractivity contribution in [3.8, 4) is 0 Å². The Kier molecular flexibility index (Phi) is 6.71. The summed E-state index contributed by atoms with van der Waals surface area (Å²) in [4.78, 5) is 0. The molecule has 2 rings (SSSR count). The van der Waals surface area contributed by atoms with Crippen molar-refractivity contribution in [3.05, 3.63) is 0 Å². The second-order valence-corrected chi connectivity index (χ2v) is 6.65. The van der Waals surface area contributed by atoms with Gasteiger partial charge in [-0.25, -0.2) is 0 Å². The minimum atomic E-state index is -3.41. The van der Waals surface area contributed by atoms with E-state index >= 15 is 0 Å². The summed E-state index contributed by atoms with van der Waals surface area (Å²) in [5.41, 5.74) is 0. The van der Waals surface area contributed by atoms with E-state index in [2.05, 4.69) is 0 Å². The lowest BCUT2D eigenvalue weighted by molar-refractivity contribution is -0.360. The zero-order chi connectivity index (χ0) is 19.8. The minimum Gasteiger partial charge on any atom is -0.394 e. The third kappa shape index (κ3) is 3.51. The molecule has 2 saturated heterocycles. The molecular formula is C12H20O13S. The smallest absolute Gasteiger partial charge is 0.264 e. The quantitative estimate of drug-likeness (QED) is 0.200. The van der Waals surface area contributed by atoms with Crippen LogP contribution in [0.25, 0.3) is 0 Å². The number of aliphatic hydroxyl groups is 8. The Morgan fingerprint density at radius 2 is 1.50 bits per heavy atom. The molecule has 0 radical (unpaired) electrons. The van der Waals surface area contributed by atoms with Crippen LogP contribution in [0.3, 0.4) is 0 Å². The van der Waals surface area contributed by atoms with Gasteiger partial charge in [-0.2, -0.15) is 8.42 Å². The Balaban J connectivity index is 2.41. The molecule has 2 fully saturated rings. The van der Waals surface area contributed by atoms with Crippen molar-refractivity contribution in [1.82, 2.24) is 0 Å². The Morgan fingerprint density at radius 1 is 0.923 bits per heavy atom. The molecule has 152 valence electrons. The van der Waals surface area contributed by atoms with Crippen LogP contribution in [0.1, 0.15) is 0 Å². The van der Waals surface area contributed by atoms with Crippen molar-refractivity contribution in [2.45, 2.75) is 54.8 Å². The Morgan fingerprint density at radius 3 is 1.96 bits per heavy atom. The van der Waals surface area contributed by atoms with Gasteiger partial charge in [0.2, 0.25) is 15.3 Å². The van der Waals surface area contributed by atoms with Crippen LogP contribution < -0.4 is 0 Å². The van der Waals surface area contributed by atoms with Gasteiger partial charge < -0.3 is 55.1 Å². The van der Waals surface area contributed by atoms with Gasteiger partial charge in [-0.05, 0) is 0 Å². The highest BCUT2D eigenvalue weighted by Gasteiger charge is 2.62. The molecular weight excluding hydrogens is 384 g/mol. The number of hydrogen-bond acceptors (Lipinski definition) is 12. The summed E-state index contributed by atoms with van der Waals surface area (Å²) in [6.07, 6.45) is -14.8. The fourth-order valence-corrected chi connectivity index (χ4v) is 3.17. The first kappa shape index (κ1) is 21.5. The molecule has 26 heavy (non-hydrogen) atoms. The molecule has 2 heterocycles. The highest BCUT2D eigenvalue weighted by atomic mass is 32.2. The third-order valence-corrected chi connectivity index (χ3v) is 4.80. The lowest BCUT2D eigenvalue weighted by atomic mass is 9.99. The fourth-order valence-electron chi connectivity index (χ4n) is 2.72. The normalized spacial score (nSPS) is 46.3. The highest BCUT2D eigenvalue weighted by Crippen LogP contribution is 2.36. The lowest BCUT2D eigenvalue weighted by Crippen LogP contribution is -2.63. The maximum Gasteiger partial charge on any atom is 0.264 e. The van der Waals surface area contributed by atoms with E-state index in [4.69, 9.17) is 24.4 Å². The average Bonchev–Trinajstić information content (AvgIpc) is 2.86. The molecule has 0 unspecified atom stereocenters. The number of ether oxygens (including phenoxy) is 3. The van der Waals surface area contributed by atoms with Crippen molar-refractivity contribution < 1.29 is 63.5 Å². The molecule has 0 aromatic carbocycles. The van der Waals surface area contributed by atoms with E-state index in [1.165, 1.54) is 0 Å². The molecule has 13 nitrogen and oxygen atoms in total. The van der Waals surface area contributed by atoms with Gasteiger partial charge in [-0.3, -0.25) is 0 Å². The van der Waals surface area contributed by atoms with E-state index < -0.39 is 83.4 Å². The summed E-state index contributed by atoms with van der Waals surface area (Å²) < 4.78 is 37.4. The molecule has 14 heteroatoms.